The predicted octanol–water partition coefficient (Wildman–Crippen LogP) is 9.12. The average molecular weight is 895 g/mol. The number of benzene rings is 5. The van der Waals surface area contributed by atoms with Crippen LogP contribution in [0.4, 0.5) is 10.5 Å². The largest absolute Gasteiger partial charge is 2.00 e. The monoisotopic (exact) mass is 894 g/mol. The number of para-hydroxylation sites is 1. The maximum Gasteiger partial charge on any atom is 2.00 e. The first kappa shape index (κ1) is 42.9. The molecule has 0 fully saturated rings. The van der Waals surface area contributed by atoms with Crippen LogP contribution in [0, 0.1) is 0 Å². The number of aromatic nitrogens is 8. The molecule has 8 aromatic rings. The summed E-state index contributed by atoms with van der Waals surface area (Å²) in [4.78, 5) is 76.8. The molecule has 5 aromatic carbocycles. The fraction of sp³-hybridized carbons (Fsp3) is 0.146. The maximum atomic E-state index is 12.7. The van der Waals surface area contributed by atoms with Gasteiger partial charge in [0.2, 0.25) is 6.04 Å². The van der Waals surface area contributed by atoms with Gasteiger partial charge in [-0.25, -0.2) is 19.7 Å². The van der Waals surface area contributed by atoms with Crippen molar-refractivity contribution in [1.29, 1.82) is 0 Å². The summed E-state index contributed by atoms with van der Waals surface area (Å²) >= 11 is 0. The summed E-state index contributed by atoms with van der Waals surface area (Å²) in [6.07, 6.45) is -0.869. The van der Waals surface area contributed by atoms with Gasteiger partial charge in [-0.15, -0.1) is 0 Å². The summed E-state index contributed by atoms with van der Waals surface area (Å²) in [6.45, 7) is 6.28. The number of carbonyl (C=O) groups excluding carboxylic acids is 3. The van der Waals surface area contributed by atoms with Crippen LogP contribution in [-0.4, -0.2) is 66.4 Å². The number of anilines is 1. The Balaban J connectivity index is 0.000000202. The molecule has 0 saturated carbocycles. The number of carbonyl (C=O) groups is 3. The Labute approximate surface area is 376 Å². The molecule has 0 spiro atoms. The quantitative estimate of drug-likeness (QED) is 0.0925. The third-order valence-corrected chi connectivity index (χ3v) is 9.99. The Morgan fingerprint density at radius 2 is 0.891 bits per heavy atom. The topological polar surface area (TPSA) is 194 Å². The second-order valence-electron chi connectivity index (χ2n) is 15.5. The van der Waals surface area contributed by atoms with Gasteiger partial charge in [-0.1, -0.05) is 115 Å². The Kier molecular flexibility index (Phi) is 11.7. The van der Waals surface area contributed by atoms with Crippen LogP contribution in [0.25, 0.3) is 89.7 Å². The van der Waals surface area contributed by atoms with Crippen molar-refractivity contribution in [3.8, 4) is 45.6 Å². The first-order valence-electron chi connectivity index (χ1n) is 20.0. The average Bonchev–Trinajstić information content (AvgIpc) is 4.01. The summed E-state index contributed by atoms with van der Waals surface area (Å²) in [7, 11) is 1.35. The normalized spacial score (nSPS) is 12.1. The van der Waals surface area contributed by atoms with Crippen molar-refractivity contribution in [2.45, 2.75) is 39.3 Å². The third-order valence-electron chi connectivity index (χ3n) is 9.99. The van der Waals surface area contributed by atoms with E-state index in [4.69, 9.17) is 44.6 Å². The molecular weight excluding hydrogens is 858 g/mol. The Bertz CT molecular complexity index is 3000. The zero-order valence-corrected chi connectivity index (χ0v) is 36.0. The van der Waals surface area contributed by atoms with Crippen LogP contribution in [0.15, 0.2) is 138 Å². The molecule has 3 aromatic heterocycles. The summed E-state index contributed by atoms with van der Waals surface area (Å²) in [5, 5.41) is 10.7. The van der Waals surface area contributed by atoms with E-state index >= 15 is 0 Å². The van der Waals surface area contributed by atoms with Crippen LogP contribution in [0.3, 0.4) is 0 Å². The first-order chi connectivity index (χ1) is 30.5. The van der Waals surface area contributed by atoms with Gasteiger partial charge in [-0.3, -0.25) is 9.59 Å². The molecule has 5 heterocycles. The molecule has 0 aliphatic carbocycles. The zero-order chi connectivity index (χ0) is 43.8. The van der Waals surface area contributed by atoms with Gasteiger partial charge in [0, 0.05) is 51.9 Å². The number of Topliss-reactive ketones (excluding diaryl/α,β-unsaturated/α-hetero) is 1. The van der Waals surface area contributed by atoms with Gasteiger partial charge in [-0.2, -0.15) is 10.2 Å². The second kappa shape index (κ2) is 17.5. The number of imide groups is 1. The van der Waals surface area contributed by atoms with Gasteiger partial charge in [0.1, 0.15) is 5.60 Å². The second-order valence-corrected chi connectivity index (χ2v) is 15.5. The number of amides is 2. The Hall–Kier alpha value is -7.81. The van der Waals surface area contributed by atoms with Crippen molar-refractivity contribution in [2.24, 2.45) is 10.2 Å². The van der Waals surface area contributed by atoms with Gasteiger partial charge in [0.25, 0.3) is 5.91 Å². The van der Waals surface area contributed by atoms with Crippen molar-refractivity contribution >= 4 is 67.6 Å². The molecule has 0 saturated heterocycles. The maximum absolute atomic E-state index is 12.7. The smallest absolute Gasteiger partial charge is 0.443 e. The molecule has 10 rings (SSSR count). The van der Waals surface area contributed by atoms with E-state index in [-0.39, 0.29) is 17.1 Å². The molecule has 2 aliphatic heterocycles. The van der Waals surface area contributed by atoms with Crippen molar-refractivity contribution in [1.82, 2.24) is 39.9 Å². The van der Waals surface area contributed by atoms with Gasteiger partial charge in [0.15, 0.2) is 5.78 Å². The number of hydrogen-bond acceptors (Lipinski definition) is 12. The molecular formula is C48H37CuN11O4. The standard InChI is InChI=1S/C32H16N8.C16H21N3O4.Cu/c1-2-10-18-17(9-1)25-33-26(18)38-28-21-13-5-6-14-22(21)30(35-28)40-32-24-16-8-7-15-23(24)31(36-32)39-29-20-12-4-3-11-19(20)27(34-29)37-25;1-11(20)13(18-17-5)14(21)19(12-9-7-6-8-10-12)15(22)23-16(2,3)4;/h1-16H;6-10,13H,1-5H3;/q-2;;+2. The molecule has 2 aliphatic rings. The van der Waals surface area contributed by atoms with Crippen molar-refractivity contribution in [2.75, 3.05) is 11.9 Å². The minimum absolute atomic E-state index is 0. The summed E-state index contributed by atoms with van der Waals surface area (Å²) < 4.78 is 5.27. The number of fused-ring (bicyclic) bond motifs is 20. The van der Waals surface area contributed by atoms with E-state index in [1.165, 1.54) is 14.0 Å². The molecule has 1 atom stereocenters. The predicted molar refractivity (Wildman–Crippen MR) is 239 cm³/mol. The van der Waals surface area contributed by atoms with Crippen molar-refractivity contribution in [3.05, 3.63) is 127 Å². The molecule has 64 heavy (non-hydrogen) atoms. The third kappa shape index (κ3) is 8.27. The Morgan fingerprint density at radius 1 is 0.547 bits per heavy atom. The van der Waals surface area contributed by atoms with Crippen molar-refractivity contribution < 1.29 is 36.2 Å². The van der Waals surface area contributed by atoms with Gasteiger partial charge in [-0.05, 0) is 61.4 Å². The number of rotatable bonds is 4. The molecule has 0 N–H and O–H groups in total. The fourth-order valence-electron chi connectivity index (χ4n) is 7.21. The van der Waals surface area contributed by atoms with Crippen LogP contribution in [0.5, 0.6) is 0 Å². The summed E-state index contributed by atoms with van der Waals surface area (Å²) in [5.74, 6) is 0.897. The van der Waals surface area contributed by atoms with Crippen LogP contribution < -0.4 is 14.9 Å². The first-order valence-corrected chi connectivity index (χ1v) is 20.0. The van der Waals surface area contributed by atoms with E-state index in [0.717, 1.165) is 48.7 Å². The molecule has 1 unspecified atom stereocenters. The SMILES string of the molecule is CN=NC(C(C)=O)C(=O)N(C(=O)OC(C)(C)C)c1ccccc1.[Cu+2].c1ccc2c(c1)-c1nc-2nc2[n-]c(nc3nc(nc4[n-]c(n1)c1ccccc41)-c1ccccc1-3)c1ccccc21. The van der Waals surface area contributed by atoms with E-state index in [2.05, 4.69) is 10.2 Å². The molecule has 1 radical (unpaired) electrons. The van der Waals surface area contributed by atoms with E-state index in [1.54, 1.807) is 51.1 Å². The van der Waals surface area contributed by atoms with E-state index in [1.807, 2.05) is 97.1 Å². The summed E-state index contributed by atoms with van der Waals surface area (Å²) in [6, 6.07) is 38.7. The summed E-state index contributed by atoms with van der Waals surface area (Å²) in [5.41, 5.74) is 5.29. The number of ether oxygens (including phenoxy) is 1. The molecule has 15 nitrogen and oxygen atoms in total. The number of ketones is 1. The van der Waals surface area contributed by atoms with Gasteiger partial charge >= 0.3 is 23.2 Å². The van der Waals surface area contributed by atoms with E-state index in [0.29, 0.717) is 51.6 Å². The van der Waals surface area contributed by atoms with Crippen LogP contribution in [0.2, 0.25) is 0 Å². The van der Waals surface area contributed by atoms with Crippen LogP contribution >= 0.6 is 0 Å². The van der Waals surface area contributed by atoms with E-state index < -0.39 is 29.4 Å². The van der Waals surface area contributed by atoms with Gasteiger partial charge < -0.3 is 34.6 Å². The molecule has 2 amide bonds. The molecule has 16 heteroatoms. The Morgan fingerprint density at radius 3 is 1.22 bits per heavy atom. The number of nitrogens with zero attached hydrogens (tertiary/aromatic N) is 11. The number of hydrogen-bond donors (Lipinski definition) is 0. The van der Waals surface area contributed by atoms with Crippen molar-refractivity contribution in [3.63, 3.8) is 0 Å². The molecule has 8 bridgehead atoms. The molecule has 319 valence electrons. The van der Waals surface area contributed by atoms with E-state index in [9.17, 15) is 14.4 Å². The van der Waals surface area contributed by atoms with Crippen LogP contribution in [-0.2, 0) is 31.4 Å². The minimum atomic E-state index is -1.38. The van der Waals surface area contributed by atoms with Crippen LogP contribution in [0.1, 0.15) is 27.7 Å². The minimum Gasteiger partial charge on any atom is -0.443 e. The van der Waals surface area contributed by atoms with Gasteiger partial charge in [0.05, 0.1) is 29.0 Å². The zero-order valence-electron chi connectivity index (χ0n) is 35.1. The fourth-order valence-corrected chi connectivity index (χ4v) is 7.21. The number of azo groups is 1.